The van der Waals surface area contributed by atoms with Gasteiger partial charge in [-0.25, -0.2) is 4.79 Å². The molecular weight excluding hydrogens is 184 g/mol. The Morgan fingerprint density at radius 3 is 2.79 bits per heavy atom. The number of hydrogen-bond acceptors (Lipinski definition) is 4. The smallest absolute Gasteiger partial charge is 0.330 e. The highest BCUT2D eigenvalue weighted by Gasteiger charge is 2.12. The molecule has 0 radical (unpaired) electrons. The van der Waals surface area contributed by atoms with Crippen LogP contribution in [0.2, 0.25) is 0 Å². The highest BCUT2D eigenvalue weighted by Crippen LogP contribution is 2.07. The van der Waals surface area contributed by atoms with Crippen LogP contribution in [0.5, 0.6) is 0 Å². The van der Waals surface area contributed by atoms with Gasteiger partial charge in [0.05, 0.1) is 12.2 Å². The van der Waals surface area contributed by atoms with Gasteiger partial charge in [0.25, 0.3) is 0 Å². The van der Waals surface area contributed by atoms with E-state index in [2.05, 4.69) is 0 Å². The van der Waals surface area contributed by atoms with Gasteiger partial charge in [-0.15, -0.1) is 0 Å². The van der Waals surface area contributed by atoms with Gasteiger partial charge in [0.2, 0.25) is 0 Å². The minimum Gasteiger partial charge on any atom is -0.459 e. The molecule has 0 amide bonds. The van der Waals surface area contributed by atoms with Crippen molar-refractivity contribution in [1.82, 2.24) is 0 Å². The van der Waals surface area contributed by atoms with E-state index in [1.54, 1.807) is 6.92 Å². The largest absolute Gasteiger partial charge is 0.459 e. The average molecular weight is 198 g/mol. The highest BCUT2D eigenvalue weighted by molar-refractivity contribution is 5.82. The molecule has 0 unspecified atom stereocenters. The summed E-state index contributed by atoms with van der Waals surface area (Å²) in [5.74, 6) is -0.501. The summed E-state index contributed by atoms with van der Waals surface area (Å²) >= 11 is 0. The van der Waals surface area contributed by atoms with Crippen LogP contribution in [0.3, 0.4) is 0 Å². The molecule has 0 saturated heterocycles. The van der Waals surface area contributed by atoms with E-state index in [-0.39, 0.29) is 6.10 Å². The summed E-state index contributed by atoms with van der Waals surface area (Å²) in [4.78, 5) is 11.0. The first-order chi connectivity index (χ1) is 6.58. The van der Waals surface area contributed by atoms with E-state index < -0.39 is 18.2 Å². The van der Waals surface area contributed by atoms with E-state index in [1.807, 2.05) is 0 Å². The van der Waals surface area contributed by atoms with Crippen molar-refractivity contribution in [3.8, 4) is 0 Å². The van der Waals surface area contributed by atoms with Crippen molar-refractivity contribution < 1.29 is 19.7 Å². The Kier molecular flexibility index (Phi) is 3.85. The van der Waals surface area contributed by atoms with Gasteiger partial charge in [-0.05, 0) is 13.0 Å². The Bertz CT molecular complexity index is 257. The SMILES string of the molecule is C[C@H]1C[C@H](O)/C=C/[C@@H](O)/C=C\C(=O)O1. The number of hydrogen-bond donors (Lipinski definition) is 2. The number of rotatable bonds is 0. The quantitative estimate of drug-likeness (QED) is 0.429. The molecule has 14 heavy (non-hydrogen) atoms. The fourth-order valence-corrected chi connectivity index (χ4v) is 1.19. The van der Waals surface area contributed by atoms with Crippen LogP contribution in [-0.4, -0.2) is 34.5 Å². The van der Waals surface area contributed by atoms with E-state index in [0.717, 1.165) is 0 Å². The van der Waals surface area contributed by atoms with E-state index in [0.29, 0.717) is 6.42 Å². The molecule has 0 aromatic heterocycles. The molecule has 0 spiro atoms. The van der Waals surface area contributed by atoms with Crippen LogP contribution in [-0.2, 0) is 9.53 Å². The molecular formula is C10H14O4. The van der Waals surface area contributed by atoms with Crippen molar-refractivity contribution in [2.24, 2.45) is 0 Å². The first kappa shape index (κ1) is 10.9. The summed E-state index contributed by atoms with van der Waals surface area (Å²) < 4.78 is 4.91. The van der Waals surface area contributed by atoms with E-state index in [4.69, 9.17) is 4.74 Å². The van der Waals surface area contributed by atoms with Crippen LogP contribution in [0.25, 0.3) is 0 Å². The lowest BCUT2D eigenvalue weighted by Gasteiger charge is -2.15. The number of esters is 1. The van der Waals surface area contributed by atoms with Crippen molar-refractivity contribution in [3.63, 3.8) is 0 Å². The zero-order valence-corrected chi connectivity index (χ0v) is 7.96. The summed E-state index contributed by atoms with van der Waals surface area (Å²) in [7, 11) is 0. The van der Waals surface area contributed by atoms with Crippen LogP contribution < -0.4 is 0 Å². The highest BCUT2D eigenvalue weighted by atomic mass is 16.5. The number of aliphatic hydroxyl groups excluding tert-OH is 2. The summed E-state index contributed by atoms with van der Waals surface area (Å²) in [6.45, 7) is 1.71. The average Bonchev–Trinajstić information content (AvgIpc) is 2.10. The van der Waals surface area contributed by atoms with Gasteiger partial charge in [0.15, 0.2) is 0 Å². The van der Waals surface area contributed by atoms with Gasteiger partial charge in [-0.2, -0.15) is 0 Å². The minimum absolute atomic E-state index is 0.331. The number of carbonyl (C=O) groups excluding carboxylic acids is 1. The molecule has 1 rings (SSSR count). The zero-order chi connectivity index (χ0) is 10.6. The fourth-order valence-electron chi connectivity index (χ4n) is 1.19. The van der Waals surface area contributed by atoms with Crippen molar-refractivity contribution >= 4 is 5.97 Å². The van der Waals surface area contributed by atoms with Crippen LogP contribution in [0.15, 0.2) is 24.3 Å². The number of ether oxygens (including phenoxy) is 1. The molecule has 0 aromatic carbocycles. The minimum atomic E-state index is -0.856. The molecule has 1 aliphatic heterocycles. The molecule has 4 heteroatoms. The molecule has 0 aliphatic carbocycles. The van der Waals surface area contributed by atoms with Crippen molar-refractivity contribution in [1.29, 1.82) is 0 Å². The molecule has 0 bridgehead atoms. The van der Waals surface area contributed by atoms with Crippen molar-refractivity contribution in [2.45, 2.75) is 31.7 Å². The topological polar surface area (TPSA) is 66.8 Å². The second-order valence-corrected chi connectivity index (χ2v) is 3.29. The van der Waals surface area contributed by atoms with Gasteiger partial charge in [-0.3, -0.25) is 0 Å². The first-order valence-corrected chi connectivity index (χ1v) is 4.51. The standard InChI is InChI=1S/C10H14O4/c1-7-6-9(12)3-2-8(11)4-5-10(13)14-7/h2-5,7-9,11-12H,6H2,1H3/b3-2+,5-4-/t7-,8+,9+/m0/s1. The van der Waals surface area contributed by atoms with E-state index in [9.17, 15) is 15.0 Å². The second kappa shape index (κ2) is 4.93. The van der Waals surface area contributed by atoms with Crippen LogP contribution in [0.1, 0.15) is 13.3 Å². The third-order valence-electron chi connectivity index (χ3n) is 1.85. The summed E-state index contributed by atoms with van der Waals surface area (Å²) in [6, 6.07) is 0. The zero-order valence-electron chi connectivity index (χ0n) is 7.96. The molecule has 1 aliphatic rings. The lowest BCUT2D eigenvalue weighted by atomic mass is 10.1. The Labute approximate surface area is 82.5 Å². The normalized spacial score (nSPS) is 38.5. The van der Waals surface area contributed by atoms with Crippen molar-refractivity contribution in [2.75, 3.05) is 0 Å². The lowest BCUT2D eigenvalue weighted by molar-refractivity contribution is -0.143. The summed E-state index contributed by atoms with van der Waals surface area (Å²) in [6.07, 6.45) is 3.87. The summed E-state index contributed by atoms with van der Waals surface area (Å²) in [5, 5.41) is 18.6. The molecule has 0 saturated carbocycles. The fraction of sp³-hybridized carbons (Fsp3) is 0.500. The molecule has 4 nitrogen and oxygen atoms in total. The Morgan fingerprint density at radius 1 is 1.36 bits per heavy atom. The molecule has 3 atom stereocenters. The van der Waals surface area contributed by atoms with E-state index in [1.165, 1.54) is 24.3 Å². The maximum Gasteiger partial charge on any atom is 0.330 e. The maximum absolute atomic E-state index is 11.0. The van der Waals surface area contributed by atoms with Crippen LogP contribution in [0, 0.1) is 0 Å². The Morgan fingerprint density at radius 2 is 2.07 bits per heavy atom. The predicted octanol–water partition coefficient (Wildman–Crippen LogP) is 0.156. The van der Waals surface area contributed by atoms with Gasteiger partial charge in [0.1, 0.15) is 6.10 Å². The van der Waals surface area contributed by atoms with E-state index >= 15 is 0 Å². The van der Waals surface area contributed by atoms with Crippen molar-refractivity contribution in [3.05, 3.63) is 24.3 Å². The Balaban J connectivity index is 2.72. The third-order valence-corrected chi connectivity index (χ3v) is 1.85. The molecule has 78 valence electrons. The predicted molar refractivity (Wildman–Crippen MR) is 50.5 cm³/mol. The molecule has 0 aromatic rings. The molecule has 1 heterocycles. The van der Waals surface area contributed by atoms with Gasteiger partial charge < -0.3 is 14.9 Å². The second-order valence-electron chi connectivity index (χ2n) is 3.29. The van der Waals surface area contributed by atoms with Gasteiger partial charge in [-0.1, -0.05) is 12.2 Å². The maximum atomic E-state index is 11.0. The van der Waals surface area contributed by atoms with Crippen LogP contribution >= 0.6 is 0 Å². The first-order valence-electron chi connectivity index (χ1n) is 4.51. The van der Waals surface area contributed by atoms with Gasteiger partial charge >= 0.3 is 5.97 Å². The summed E-state index contributed by atoms with van der Waals surface area (Å²) in [5.41, 5.74) is 0. The number of cyclic esters (lactones) is 1. The lowest BCUT2D eigenvalue weighted by Crippen LogP contribution is -2.20. The molecule has 2 N–H and O–H groups in total. The Hall–Kier alpha value is -1.13. The monoisotopic (exact) mass is 198 g/mol. The number of aliphatic hydroxyl groups is 2. The molecule has 0 fully saturated rings. The van der Waals surface area contributed by atoms with Gasteiger partial charge in [0, 0.05) is 12.5 Å². The third kappa shape index (κ3) is 3.72. The number of carbonyl (C=O) groups is 1. The van der Waals surface area contributed by atoms with Crippen LogP contribution in [0.4, 0.5) is 0 Å².